The van der Waals surface area contributed by atoms with Gasteiger partial charge in [0.2, 0.25) is 5.91 Å². The van der Waals surface area contributed by atoms with Gasteiger partial charge in [-0.3, -0.25) is 14.4 Å². The Kier molecular flexibility index (Phi) is 7.97. The molecule has 0 bridgehead atoms. The van der Waals surface area contributed by atoms with Crippen molar-refractivity contribution in [2.24, 2.45) is 0 Å². The Morgan fingerprint density at radius 2 is 1.77 bits per heavy atom. The van der Waals surface area contributed by atoms with Crippen molar-refractivity contribution in [2.75, 3.05) is 13.2 Å². The summed E-state index contributed by atoms with van der Waals surface area (Å²) in [6.07, 6.45) is 1.28. The zero-order valence-electron chi connectivity index (χ0n) is 18.0. The summed E-state index contributed by atoms with van der Waals surface area (Å²) in [5.74, 6) is -2.09. The summed E-state index contributed by atoms with van der Waals surface area (Å²) in [6.45, 7) is 6.86. The maximum absolute atomic E-state index is 12.9. The minimum atomic E-state index is -1.17. The number of hydrogen-bond donors (Lipinski definition) is 1. The fraction of sp³-hybridized carbons (Fsp3) is 0.545. The van der Waals surface area contributed by atoms with Crippen LogP contribution >= 0.6 is 0 Å². The zero-order chi connectivity index (χ0) is 22.3. The maximum atomic E-state index is 12.9. The highest BCUT2D eigenvalue weighted by atomic mass is 16.6. The molecule has 8 nitrogen and oxygen atoms in total. The van der Waals surface area contributed by atoms with Gasteiger partial charge in [-0.1, -0.05) is 18.2 Å². The van der Waals surface area contributed by atoms with Crippen LogP contribution in [0.1, 0.15) is 57.3 Å². The van der Waals surface area contributed by atoms with Crippen molar-refractivity contribution in [1.29, 1.82) is 0 Å². The smallest absolute Gasteiger partial charge is 0.329 e. The molecule has 0 radical (unpaired) electrons. The van der Waals surface area contributed by atoms with Gasteiger partial charge in [-0.2, -0.15) is 0 Å². The van der Waals surface area contributed by atoms with E-state index in [9.17, 15) is 19.2 Å². The summed E-state index contributed by atoms with van der Waals surface area (Å²) in [5.41, 5.74) is -0.416. The van der Waals surface area contributed by atoms with Crippen LogP contribution in [-0.2, 0) is 23.9 Å². The van der Waals surface area contributed by atoms with E-state index in [4.69, 9.17) is 9.47 Å². The van der Waals surface area contributed by atoms with Crippen LogP contribution in [0.25, 0.3) is 0 Å². The fourth-order valence-electron chi connectivity index (χ4n) is 2.84. The first kappa shape index (κ1) is 23.4. The standard InChI is InChI=1S/C22H30N2O6/c1-5-29-19(26)14-24(16-11-12-16)18(25)13-17(21(28)30-22(2,3)4)23-20(27)15-9-7-6-8-10-15/h6-10,16-17H,5,11-14H2,1-4H3,(H,23,27)/t17-/m0/s1. The molecular formula is C22H30N2O6. The first-order chi connectivity index (χ1) is 14.1. The lowest BCUT2D eigenvalue weighted by Gasteiger charge is -2.27. The molecule has 0 saturated heterocycles. The molecule has 1 N–H and O–H groups in total. The van der Waals surface area contributed by atoms with Crippen molar-refractivity contribution in [3.8, 4) is 0 Å². The van der Waals surface area contributed by atoms with Crippen LogP contribution in [0.2, 0.25) is 0 Å². The normalized spacial score (nSPS) is 14.4. The summed E-state index contributed by atoms with van der Waals surface area (Å²) in [7, 11) is 0. The monoisotopic (exact) mass is 418 g/mol. The highest BCUT2D eigenvalue weighted by Gasteiger charge is 2.37. The van der Waals surface area contributed by atoms with E-state index < -0.39 is 35.4 Å². The van der Waals surface area contributed by atoms with Crippen LogP contribution in [0, 0.1) is 0 Å². The van der Waals surface area contributed by atoms with Gasteiger partial charge < -0.3 is 19.7 Å². The number of amides is 2. The SMILES string of the molecule is CCOC(=O)CN(C(=O)C[C@H](NC(=O)c1ccccc1)C(=O)OC(C)(C)C)C1CC1. The highest BCUT2D eigenvalue weighted by Crippen LogP contribution is 2.27. The van der Waals surface area contributed by atoms with Crippen molar-refractivity contribution in [1.82, 2.24) is 10.2 Å². The van der Waals surface area contributed by atoms with Crippen molar-refractivity contribution in [2.45, 2.75) is 64.6 Å². The molecule has 0 aliphatic heterocycles. The highest BCUT2D eigenvalue weighted by molar-refractivity contribution is 5.98. The number of benzene rings is 1. The van der Waals surface area contributed by atoms with Gasteiger partial charge in [0.15, 0.2) is 0 Å². The lowest BCUT2D eigenvalue weighted by molar-refractivity contribution is -0.159. The van der Waals surface area contributed by atoms with Crippen LogP contribution in [0.15, 0.2) is 30.3 Å². The molecule has 2 rings (SSSR count). The van der Waals surface area contributed by atoms with Gasteiger partial charge in [0.25, 0.3) is 5.91 Å². The second-order valence-corrected chi connectivity index (χ2v) is 8.19. The largest absolute Gasteiger partial charge is 0.465 e. The van der Waals surface area contributed by atoms with Gasteiger partial charge in [-0.05, 0) is 52.7 Å². The number of rotatable bonds is 9. The molecule has 1 fully saturated rings. The molecular weight excluding hydrogens is 388 g/mol. The molecule has 1 aliphatic carbocycles. The number of nitrogens with zero attached hydrogens (tertiary/aromatic N) is 1. The maximum Gasteiger partial charge on any atom is 0.329 e. The number of carbonyl (C=O) groups excluding carboxylic acids is 4. The van der Waals surface area contributed by atoms with Crippen LogP contribution in [0.4, 0.5) is 0 Å². The van der Waals surface area contributed by atoms with Gasteiger partial charge in [0, 0.05) is 11.6 Å². The number of carbonyl (C=O) groups is 4. The Hall–Kier alpha value is -2.90. The second-order valence-electron chi connectivity index (χ2n) is 8.19. The van der Waals surface area contributed by atoms with E-state index in [2.05, 4.69) is 5.32 Å². The molecule has 8 heteroatoms. The molecule has 0 aromatic heterocycles. The molecule has 164 valence electrons. The first-order valence-corrected chi connectivity index (χ1v) is 10.1. The topological polar surface area (TPSA) is 102 Å². The van der Waals surface area contributed by atoms with Crippen molar-refractivity contribution in [3.63, 3.8) is 0 Å². The van der Waals surface area contributed by atoms with Gasteiger partial charge >= 0.3 is 11.9 Å². The predicted octanol–water partition coefficient (Wildman–Crippen LogP) is 2.07. The summed E-state index contributed by atoms with van der Waals surface area (Å²) in [5, 5.41) is 2.60. The molecule has 1 aromatic rings. The average Bonchev–Trinajstić information content (AvgIpc) is 3.50. The van der Waals surface area contributed by atoms with Crippen LogP contribution < -0.4 is 5.32 Å². The third-order valence-corrected chi connectivity index (χ3v) is 4.32. The van der Waals surface area contributed by atoms with Gasteiger partial charge in [-0.15, -0.1) is 0 Å². The van der Waals surface area contributed by atoms with E-state index in [1.807, 2.05) is 0 Å². The number of hydrogen-bond acceptors (Lipinski definition) is 6. The Labute approximate surface area is 176 Å². The Bertz CT molecular complexity index is 768. The molecule has 2 amide bonds. The minimum Gasteiger partial charge on any atom is -0.465 e. The molecule has 1 aromatic carbocycles. The average molecular weight is 418 g/mol. The van der Waals surface area contributed by atoms with Crippen LogP contribution in [0.3, 0.4) is 0 Å². The van der Waals surface area contributed by atoms with Gasteiger partial charge in [-0.25, -0.2) is 4.79 Å². The van der Waals surface area contributed by atoms with Gasteiger partial charge in [0.1, 0.15) is 18.2 Å². The van der Waals surface area contributed by atoms with E-state index in [1.54, 1.807) is 58.0 Å². The van der Waals surface area contributed by atoms with E-state index >= 15 is 0 Å². The van der Waals surface area contributed by atoms with Crippen LogP contribution in [0.5, 0.6) is 0 Å². The fourth-order valence-corrected chi connectivity index (χ4v) is 2.84. The van der Waals surface area contributed by atoms with Crippen molar-refractivity contribution in [3.05, 3.63) is 35.9 Å². The van der Waals surface area contributed by atoms with E-state index in [0.717, 1.165) is 12.8 Å². The van der Waals surface area contributed by atoms with E-state index in [1.165, 1.54) is 4.90 Å². The van der Waals surface area contributed by atoms with Gasteiger partial charge in [0.05, 0.1) is 13.0 Å². The lowest BCUT2D eigenvalue weighted by Crippen LogP contribution is -2.48. The Morgan fingerprint density at radius 3 is 2.30 bits per heavy atom. The van der Waals surface area contributed by atoms with Crippen LogP contribution in [-0.4, -0.2) is 59.5 Å². The number of ether oxygens (including phenoxy) is 2. The predicted molar refractivity (Wildman–Crippen MR) is 110 cm³/mol. The lowest BCUT2D eigenvalue weighted by atomic mass is 10.1. The Balaban J connectivity index is 2.14. The van der Waals surface area contributed by atoms with Crippen molar-refractivity contribution >= 4 is 23.8 Å². The first-order valence-electron chi connectivity index (χ1n) is 10.1. The summed E-state index contributed by atoms with van der Waals surface area (Å²) in [4.78, 5) is 51.5. The van der Waals surface area contributed by atoms with E-state index in [-0.39, 0.29) is 25.6 Å². The van der Waals surface area contributed by atoms with E-state index in [0.29, 0.717) is 5.56 Å². The second kappa shape index (κ2) is 10.2. The summed E-state index contributed by atoms with van der Waals surface area (Å²) >= 11 is 0. The third kappa shape index (κ3) is 7.50. The third-order valence-electron chi connectivity index (χ3n) is 4.32. The molecule has 0 heterocycles. The molecule has 1 atom stereocenters. The minimum absolute atomic E-state index is 0.0500. The quantitative estimate of drug-likeness (QED) is 0.616. The molecule has 30 heavy (non-hydrogen) atoms. The molecule has 1 saturated carbocycles. The molecule has 0 spiro atoms. The number of esters is 2. The Morgan fingerprint density at radius 1 is 1.13 bits per heavy atom. The number of nitrogens with one attached hydrogen (secondary N) is 1. The summed E-state index contributed by atoms with van der Waals surface area (Å²) in [6, 6.07) is 7.18. The molecule has 1 aliphatic rings. The van der Waals surface area contributed by atoms with Crippen molar-refractivity contribution < 1.29 is 28.7 Å². The molecule has 0 unspecified atom stereocenters. The summed E-state index contributed by atoms with van der Waals surface area (Å²) < 4.78 is 10.3. The zero-order valence-corrected chi connectivity index (χ0v) is 18.0.